The summed E-state index contributed by atoms with van der Waals surface area (Å²) in [6.07, 6.45) is 0. The van der Waals surface area contributed by atoms with Crippen molar-refractivity contribution in [2.24, 2.45) is 0 Å². The Morgan fingerprint density at radius 1 is 1.50 bits per heavy atom. The van der Waals surface area contributed by atoms with Gasteiger partial charge >= 0.3 is 0 Å². The highest BCUT2D eigenvalue weighted by molar-refractivity contribution is 7.89. The van der Waals surface area contributed by atoms with Gasteiger partial charge in [-0.3, -0.25) is 0 Å². The van der Waals surface area contributed by atoms with E-state index in [9.17, 15) is 12.8 Å². The fraction of sp³-hybridized carbons (Fsp3) is 0.400. The molecule has 1 aromatic carbocycles. The molecule has 0 heterocycles. The fourth-order valence-corrected chi connectivity index (χ4v) is 2.72. The number of halogens is 1. The molecule has 0 bridgehead atoms. The third kappa shape index (κ3) is 3.01. The number of rotatable bonds is 4. The van der Waals surface area contributed by atoms with Crippen LogP contribution in [0.3, 0.4) is 0 Å². The van der Waals surface area contributed by atoms with E-state index in [1.54, 1.807) is 6.92 Å². The van der Waals surface area contributed by atoms with Gasteiger partial charge in [-0.15, -0.1) is 0 Å². The molecule has 0 saturated heterocycles. The predicted octanol–water partition coefficient (Wildman–Crippen LogP) is 0.793. The van der Waals surface area contributed by atoms with Crippen LogP contribution < -0.4 is 4.72 Å². The van der Waals surface area contributed by atoms with Crippen molar-refractivity contribution in [3.63, 3.8) is 0 Å². The van der Waals surface area contributed by atoms with Crippen molar-refractivity contribution in [2.75, 3.05) is 6.61 Å². The van der Waals surface area contributed by atoms with Crippen molar-refractivity contribution < 1.29 is 17.9 Å². The second kappa shape index (κ2) is 4.90. The molecule has 0 aromatic heterocycles. The molecule has 90 valence electrons. The summed E-state index contributed by atoms with van der Waals surface area (Å²) in [5, 5.41) is 8.77. The van der Waals surface area contributed by atoms with Gasteiger partial charge in [0.1, 0.15) is 5.82 Å². The molecule has 0 fully saturated rings. The van der Waals surface area contributed by atoms with Gasteiger partial charge in [0.15, 0.2) is 0 Å². The van der Waals surface area contributed by atoms with E-state index in [1.165, 1.54) is 19.1 Å². The molecule has 0 spiro atoms. The first-order valence-corrected chi connectivity index (χ1v) is 6.24. The highest BCUT2D eigenvalue weighted by atomic mass is 32.2. The second-order valence-electron chi connectivity index (χ2n) is 3.61. The van der Waals surface area contributed by atoms with Crippen molar-refractivity contribution in [1.82, 2.24) is 4.72 Å². The van der Waals surface area contributed by atoms with E-state index in [4.69, 9.17) is 5.11 Å². The van der Waals surface area contributed by atoms with E-state index in [1.807, 2.05) is 0 Å². The van der Waals surface area contributed by atoms with Gasteiger partial charge in [0.25, 0.3) is 0 Å². The van der Waals surface area contributed by atoms with Crippen molar-refractivity contribution >= 4 is 10.0 Å². The zero-order chi connectivity index (χ0) is 12.3. The molecule has 0 saturated carbocycles. The zero-order valence-electron chi connectivity index (χ0n) is 9.07. The van der Waals surface area contributed by atoms with E-state index in [0.29, 0.717) is 5.56 Å². The van der Waals surface area contributed by atoms with Crippen molar-refractivity contribution in [3.8, 4) is 0 Å². The van der Waals surface area contributed by atoms with Gasteiger partial charge in [-0.2, -0.15) is 0 Å². The summed E-state index contributed by atoms with van der Waals surface area (Å²) in [6, 6.07) is 2.95. The summed E-state index contributed by atoms with van der Waals surface area (Å²) in [5.74, 6) is -0.609. The summed E-state index contributed by atoms with van der Waals surface area (Å²) in [4.78, 5) is -0.104. The standard InChI is InChI=1S/C10H14FNO3S/c1-7-3-4-9(11)5-10(7)16(14,15)12-8(2)6-13/h3-5,8,12-13H,6H2,1-2H3. The molecule has 1 unspecified atom stereocenters. The molecule has 0 aliphatic rings. The topological polar surface area (TPSA) is 66.4 Å². The number of sulfonamides is 1. The molecule has 4 nitrogen and oxygen atoms in total. The Morgan fingerprint density at radius 2 is 2.12 bits per heavy atom. The quantitative estimate of drug-likeness (QED) is 0.826. The zero-order valence-corrected chi connectivity index (χ0v) is 9.88. The molecular weight excluding hydrogens is 233 g/mol. The minimum Gasteiger partial charge on any atom is -0.395 e. The van der Waals surface area contributed by atoms with Gasteiger partial charge in [-0.25, -0.2) is 17.5 Å². The minimum absolute atomic E-state index is 0.104. The molecule has 0 aliphatic heterocycles. The molecule has 0 radical (unpaired) electrons. The molecule has 1 aromatic rings. The van der Waals surface area contributed by atoms with Crippen LogP contribution in [-0.2, 0) is 10.0 Å². The Kier molecular flexibility index (Phi) is 4.01. The normalized spacial score (nSPS) is 13.8. The summed E-state index contributed by atoms with van der Waals surface area (Å²) in [7, 11) is -3.77. The first kappa shape index (κ1) is 13.1. The van der Waals surface area contributed by atoms with Crippen LogP contribution in [0.1, 0.15) is 12.5 Å². The van der Waals surface area contributed by atoms with Crippen molar-refractivity contribution in [3.05, 3.63) is 29.6 Å². The third-order valence-corrected chi connectivity index (χ3v) is 3.80. The van der Waals surface area contributed by atoms with Gasteiger partial charge in [0.05, 0.1) is 11.5 Å². The molecule has 16 heavy (non-hydrogen) atoms. The summed E-state index contributed by atoms with van der Waals surface area (Å²) < 4.78 is 38.8. The largest absolute Gasteiger partial charge is 0.395 e. The summed E-state index contributed by atoms with van der Waals surface area (Å²) in [5.41, 5.74) is 0.457. The third-order valence-electron chi connectivity index (χ3n) is 2.07. The number of hydrogen-bond acceptors (Lipinski definition) is 3. The van der Waals surface area contributed by atoms with Gasteiger partial charge in [0.2, 0.25) is 10.0 Å². The smallest absolute Gasteiger partial charge is 0.241 e. The second-order valence-corrected chi connectivity index (χ2v) is 5.30. The van der Waals surface area contributed by atoms with E-state index in [0.717, 1.165) is 6.07 Å². The van der Waals surface area contributed by atoms with Gasteiger partial charge in [-0.05, 0) is 31.5 Å². The number of nitrogens with one attached hydrogen (secondary N) is 1. The Hall–Kier alpha value is -0.980. The Balaban J connectivity index is 3.12. The SMILES string of the molecule is Cc1ccc(F)cc1S(=O)(=O)NC(C)CO. The number of hydrogen-bond donors (Lipinski definition) is 2. The first-order chi connectivity index (χ1) is 7.36. The Labute approximate surface area is 94.2 Å². The number of aryl methyl sites for hydroxylation is 1. The average Bonchev–Trinajstić information content (AvgIpc) is 2.20. The van der Waals surface area contributed by atoms with E-state index in [-0.39, 0.29) is 11.5 Å². The van der Waals surface area contributed by atoms with E-state index in [2.05, 4.69) is 4.72 Å². The fourth-order valence-electron chi connectivity index (χ4n) is 1.23. The van der Waals surface area contributed by atoms with Crippen LogP contribution in [0, 0.1) is 12.7 Å². The highest BCUT2D eigenvalue weighted by Gasteiger charge is 2.19. The van der Waals surface area contributed by atoms with Crippen molar-refractivity contribution in [2.45, 2.75) is 24.8 Å². The van der Waals surface area contributed by atoms with Gasteiger partial charge in [-0.1, -0.05) is 6.07 Å². The Morgan fingerprint density at radius 3 is 2.69 bits per heavy atom. The van der Waals surface area contributed by atoms with Crippen LogP contribution in [-0.4, -0.2) is 26.2 Å². The van der Waals surface area contributed by atoms with E-state index < -0.39 is 21.9 Å². The maximum Gasteiger partial charge on any atom is 0.241 e. The molecule has 1 rings (SSSR count). The summed E-state index contributed by atoms with van der Waals surface area (Å²) in [6.45, 7) is 2.79. The molecular formula is C10H14FNO3S. The van der Waals surface area contributed by atoms with Crippen LogP contribution in [0.2, 0.25) is 0 Å². The van der Waals surface area contributed by atoms with Crippen LogP contribution in [0.15, 0.2) is 23.1 Å². The van der Waals surface area contributed by atoms with Gasteiger partial charge in [0, 0.05) is 6.04 Å². The number of benzene rings is 1. The highest BCUT2D eigenvalue weighted by Crippen LogP contribution is 2.16. The maximum atomic E-state index is 13.0. The molecule has 0 amide bonds. The summed E-state index contributed by atoms with van der Waals surface area (Å²) >= 11 is 0. The Bertz CT molecular complexity index is 473. The average molecular weight is 247 g/mol. The van der Waals surface area contributed by atoms with Crippen LogP contribution in [0.4, 0.5) is 4.39 Å². The monoisotopic (exact) mass is 247 g/mol. The molecule has 1 atom stereocenters. The van der Waals surface area contributed by atoms with E-state index >= 15 is 0 Å². The van der Waals surface area contributed by atoms with Crippen LogP contribution in [0.5, 0.6) is 0 Å². The minimum atomic E-state index is -3.77. The van der Waals surface area contributed by atoms with Crippen molar-refractivity contribution in [1.29, 1.82) is 0 Å². The maximum absolute atomic E-state index is 13.0. The lowest BCUT2D eigenvalue weighted by atomic mass is 10.2. The number of aliphatic hydroxyl groups is 1. The van der Waals surface area contributed by atoms with Crippen LogP contribution >= 0.6 is 0 Å². The lowest BCUT2D eigenvalue weighted by Gasteiger charge is -2.13. The molecule has 2 N–H and O–H groups in total. The van der Waals surface area contributed by atoms with Gasteiger partial charge < -0.3 is 5.11 Å². The predicted molar refractivity (Wildman–Crippen MR) is 58.0 cm³/mol. The molecule has 0 aliphatic carbocycles. The lowest BCUT2D eigenvalue weighted by Crippen LogP contribution is -2.35. The molecule has 6 heteroatoms. The first-order valence-electron chi connectivity index (χ1n) is 4.76. The number of aliphatic hydroxyl groups excluding tert-OH is 1. The van der Waals surface area contributed by atoms with Crippen LogP contribution in [0.25, 0.3) is 0 Å². The lowest BCUT2D eigenvalue weighted by molar-refractivity contribution is 0.265.